The minimum Gasteiger partial charge on any atom is -0.324 e. The van der Waals surface area contributed by atoms with Gasteiger partial charge in [-0.05, 0) is 12.2 Å². The Balaban J connectivity index is 3.08. The molecule has 1 fully saturated rings. The predicted molar refractivity (Wildman–Crippen MR) is 57.5 cm³/mol. The third-order valence-electron chi connectivity index (χ3n) is 1.73. The quantitative estimate of drug-likeness (QED) is 0.652. The van der Waals surface area contributed by atoms with Crippen molar-refractivity contribution in [3.63, 3.8) is 0 Å². The zero-order chi connectivity index (χ0) is 11.3. The van der Waals surface area contributed by atoms with Gasteiger partial charge in [0.15, 0.2) is 0 Å². The van der Waals surface area contributed by atoms with Crippen LogP contribution in [0.1, 0.15) is 6.42 Å². The predicted octanol–water partition coefficient (Wildman–Crippen LogP) is 0.762. The van der Waals surface area contributed by atoms with Crippen molar-refractivity contribution in [1.29, 1.82) is 0 Å². The number of rotatable bonds is 2. The molecule has 1 saturated heterocycles. The molecule has 0 aromatic rings. The SMILES string of the molecule is C=C/C=C1/NC(=O)CC(=O)N/C1=C/C=C. The van der Waals surface area contributed by atoms with Gasteiger partial charge in [-0.3, -0.25) is 9.59 Å². The van der Waals surface area contributed by atoms with Crippen LogP contribution < -0.4 is 10.6 Å². The molecule has 0 saturated carbocycles. The van der Waals surface area contributed by atoms with Crippen molar-refractivity contribution in [3.8, 4) is 0 Å². The zero-order valence-corrected chi connectivity index (χ0v) is 8.25. The first kappa shape index (κ1) is 11.0. The van der Waals surface area contributed by atoms with Crippen LogP contribution in [-0.2, 0) is 9.59 Å². The molecule has 1 rings (SSSR count). The summed E-state index contributed by atoms with van der Waals surface area (Å²) >= 11 is 0. The second-order valence-electron chi connectivity index (χ2n) is 2.91. The largest absolute Gasteiger partial charge is 0.324 e. The van der Waals surface area contributed by atoms with E-state index in [-0.39, 0.29) is 18.2 Å². The second kappa shape index (κ2) is 4.95. The Morgan fingerprint density at radius 1 is 0.933 bits per heavy atom. The minimum atomic E-state index is -0.340. The summed E-state index contributed by atoms with van der Waals surface area (Å²) in [6, 6.07) is 0. The monoisotopic (exact) mass is 204 g/mol. The van der Waals surface area contributed by atoms with Gasteiger partial charge >= 0.3 is 0 Å². The number of amides is 2. The van der Waals surface area contributed by atoms with Crippen molar-refractivity contribution in [2.45, 2.75) is 6.42 Å². The molecule has 0 spiro atoms. The normalized spacial score (nSPS) is 21.9. The molecule has 2 N–H and O–H groups in total. The molecule has 15 heavy (non-hydrogen) atoms. The lowest BCUT2D eigenvalue weighted by molar-refractivity contribution is -0.127. The Morgan fingerprint density at radius 2 is 1.33 bits per heavy atom. The summed E-state index contributed by atoms with van der Waals surface area (Å²) < 4.78 is 0. The van der Waals surface area contributed by atoms with Gasteiger partial charge < -0.3 is 10.6 Å². The maximum Gasteiger partial charge on any atom is 0.233 e. The molecular formula is C11H12N2O2. The molecule has 1 aliphatic heterocycles. The molecule has 2 amide bonds. The van der Waals surface area contributed by atoms with E-state index in [1.165, 1.54) is 12.2 Å². The van der Waals surface area contributed by atoms with Gasteiger partial charge in [0.25, 0.3) is 0 Å². The van der Waals surface area contributed by atoms with E-state index in [1.54, 1.807) is 12.2 Å². The summed E-state index contributed by atoms with van der Waals surface area (Å²) in [7, 11) is 0. The van der Waals surface area contributed by atoms with Crippen molar-refractivity contribution in [3.05, 3.63) is 48.9 Å². The summed E-state index contributed by atoms with van der Waals surface area (Å²) in [4.78, 5) is 22.5. The Morgan fingerprint density at radius 3 is 1.67 bits per heavy atom. The lowest BCUT2D eigenvalue weighted by Crippen LogP contribution is -2.21. The molecule has 78 valence electrons. The maximum absolute atomic E-state index is 11.2. The van der Waals surface area contributed by atoms with Crippen molar-refractivity contribution >= 4 is 11.8 Å². The summed E-state index contributed by atoms with van der Waals surface area (Å²) in [5.41, 5.74) is 1.03. The molecule has 0 atom stereocenters. The highest BCUT2D eigenvalue weighted by molar-refractivity contribution is 6.00. The molecule has 4 nitrogen and oxygen atoms in total. The first-order valence-electron chi connectivity index (χ1n) is 4.43. The van der Waals surface area contributed by atoms with Gasteiger partial charge in [-0.1, -0.05) is 25.3 Å². The smallest absolute Gasteiger partial charge is 0.233 e. The Kier molecular flexibility index (Phi) is 3.62. The van der Waals surface area contributed by atoms with Crippen LogP contribution in [0.3, 0.4) is 0 Å². The molecule has 0 aliphatic carbocycles. The van der Waals surface area contributed by atoms with E-state index in [9.17, 15) is 9.59 Å². The van der Waals surface area contributed by atoms with E-state index in [1.807, 2.05) is 0 Å². The average Bonchev–Trinajstić information content (AvgIpc) is 2.27. The maximum atomic E-state index is 11.2. The van der Waals surface area contributed by atoms with Gasteiger partial charge in [-0.15, -0.1) is 0 Å². The van der Waals surface area contributed by atoms with E-state index in [2.05, 4.69) is 23.8 Å². The van der Waals surface area contributed by atoms with Gasteiger partial charge in [-0.25, -0.2) is 0 Å². The van der Waals surface area contributed by atoms with Crippen LogP contribution in [0.25, 0.3) is 0 Å². The zero-order valence-electron chi connectivity index (χ0n) is 8.25. The highest BCUT2D eigenvalue weighted by Crippen LogP contribution is 2.08. The second-order valence-corrected chi connectivity index (χ2v) is 2.91. The first-order chi connectivity index (χ1) is 7.17. The molecule has 0 bridgehead atoms. The number of nitrogens with one attached hydrogen (secondary N) is 2. The van der Waals surface area contributed by atoms with Crippen molar-refractivity contribution in [2.24, 2.45) is 0 Å². The molecule has 4 heteroatoms. The molecule has 0 unspecified atom stereocenters. The van der Waals surface area contributed by atoms with Crippen LogP contribution in [0.2, 0.25) is 0 Å². The summed E-state index contributed by atoms with van der Waals surface area (Å²) in [6.07, 6.45) is 6.11. The molecule has 0 radical (unpaired) electrons. The minimum absolute atomic E-state index is 0.178. The van der Waals surface area contributed by atoms with Crippen LogP contribution >= 0.6 is 0 Å². The van der Waals surface area contributed by atoms with E-state index in [0.717, 1.165) is 0 Å². The van der Waals surface area contributed by atoms with Crippen molar-refractivity contribution < 1.29 is 9.59 Å². The van der Waals surface area contributed by atoms with E-state index < -0.39 is 0 Å². The van der Waals surface area contributed by atoms with Gasteiger partial charge in [0.1, 0.15) is 6.42 Å². The number of allylic oxidation sites excluding steroid dienone is 4. The lowest BCUT2D eigenvalue weighted by atomic mass is 10.2. The van der Waals surface area contributed by atoms with Crippen LogP contribution in [0, 0.1) is 0 Å². The van der Waals surface area contributed by atoms with Crippen molar-refractivity contribution in [2.75, 3.05) is 0 Å². The Hall–Kier alpha value is -2.10. The number of hydrogen-bond donors (Lipinski definition) is 2. The Bertz CT molecular complexity index is 342. The lowest BCUT2D eigenvalue weighted by Gasteiger charge is -2.07. The van der Waals surface area contributed by atoms with Gasteiger partial charge in [0.2, 0.25) is 11.8 Å². The van der Waals surface area contributed by atoms with Gasteiger partial charge in [-0.2, -0.15) is 0 Å². The fourth-order valence-electron chi connectivity index (χ4n) is 1.17. The van der Waals surface area contributed by atoms with E-state index in [0.29, 0.717) is 11.4 Å². The van der Waals surface area contributed by atoms with Gasteiger partial charge in [0.05, 0.1) is 11.4 Å². The molecule has 0 aromatic carbocycles. The summed E-state index contributed by atoms with van der Waals surface area (Å²) in [6.45, 7) is 7.06. The van der Waals surface area contributed by atoms with Crippen LogP contribution in [0.4, 0.5) is 0 Å². The van der Waals surface area contributed by atoms with E-state index >= 15 is 0 Å². The molecule has 1 aliphatic rings. The molecule has 0 aromatic heterocycles. The number of carbonyl (C=O) groups is 2. The standard InChI is InChI=1S/C11H12N2O2/c1-3-5-8-9(6-4-2)13-11(15)7-10(14)12-8/h3-6H,1-2,7H2,(H,12,14)(H,13,15)/b8-5+,9-6+. The van der Waals surface area contributed by atoms with Crippen LogP contribution in [0.5, 0.6) is 0 Å². The topological polar surface area (TPSA) is 58.2 Å². The third kappa shape index (κ3) is 2.95. The number of hydrogen-bond acceptors (Lipinski definition) is 2. The van der Waals surface area contributed by atoms with E-state index in [4.69, 9.17) is 0 Å². The van der Waals surface area contributed by atoms with Gasteiger partial charge in [0, 0.05) is 0 Å². The van der Waals surface area contributed by atoms with Crippen LogP contribution in [0.15, 0.2) is 48.9 Å². The number of carbonyl (C=O) groups excluding carboxylic acids is 2. The third-order valence-corrected chi connectivity index (χ3v) is 1.73. The molecule has 1 heterocycles. The summed E-state index contributed by atoms with van der Waals surface area (Å²) in [5.74, 6) is -0.680. The highest BCUT2D eigenvalue weighted by atomic mass is 16.2. The fraction of sp³-hybridized carbons (Fsp3) is 0.0909. The first-order valence-corrected chi connectivity index (χ1v) is 4.43. The Labute approximate surface area is 88.0 Å². The van der Waals surface area contributed by atoms with Crippen molar-refractivity contribution in [1.82, 2.24) is 10.6 Å². The molecular weight excluding hydrogens is 192 g/mol. The summed E-state index contributed by atoms with van der Waals surface area (Å²) in [5, 5.41) is 5.19. The van der Waals surface area contributed by atoms with Crippen LogP contribution in [-0.4, -0.2) is 11.8 Å². The highest BCUT2D eigenvalue weighted by Gasteiger charge is 2.19. The average molecular weight is 204 g/mol. The fourth-order valence-corrected chi connectivity index (χ4v) is 1.17.